The first-order valence-corrected chi connectivity index (χ1v) is 7.41. The van der Waals surface area contributed by atoms with Crippen LogP contribution in [0.4, 0.5) is 0 Å². The predicted octanol–water partition coefficient (Wildman–Crippen LogP) is 3.25. The average Bonchev–Trinajstić information content (AvgIpc) is 2.12. The summed E-state index contributed by atoms with van der Waals surface area (Å²) in [6.07, 6.45) is 1.33. The Balaban J connectivity index is 2.82. The summed E-state index contributed by atoms with van der Waals surface area (Å²) >= 11 is 12.6. The van der Waals surface area contributed by atoms with E-state index in [0.717, 1.165) is 12.8 Å². The molecule has 0 spiro atoms. The zero-order valence-electron chi connectivity index (χ0n) is 9.73. The van der Waals surface area contributed by atoms with Crippen LogP contribution in [-0.2, 0) is 4.52 Å². The highest BCUT2D eigenvalue weighted by molar-refractivity contribution is 7.39. The van der Waals surface area contributed by atoms with Gasteiger partial charge in [0.2, 0.25) is 0 Å². The lowest BCUT2D eigenvalue weighted by molar-refractivity contribution is 0.0469. The fourth-order valence-electron chi connectivity index (χ4n) is 2.26. The Morgan fingerprint density at radius 3 is 2.44 bits per heavy atom. The molecule has 16 heavy (non-hydrogen) atoms. The molecule has 0 aromatic rings. The van der Waals surface area contributed by atoms with Crippen molar-refractivity contribution in [3.8, 4) is 0 Å². The van der Waals surface area contributed by atoms with Crippen molar-refractivity contribution in [2.45, 2.75) is 50.0 Å². The van der Waals surface area contributed by atoms with Gasteiger partial charge >= 0.3 is 8.60 Å². The van der Waals surface area contributed by atoms with Gasteiger partial charge in [0.05, 0.1) is 16.4 Å². The van der Waals surface area contributed by atoms with E-state index < -0.39 is 18.9 Å². The number of alkyl halides is 2. The first-order valence-electron chi connectivity index (χ1n) is 5.43. The quantitative estimate of drug-likeness (QED) is 0.619. The van der Waals surface area contributed by atoms with E-state index in [0.29, 0.717) is 5.92 Å². The van der Waals surface area contributed by atoms with E-state index in [1.54, 1.807) is 0 Å². The Hall–Kier alpha value is 0.890. The van der Waals surface area contributed by atoms with Gasteiger partial charge in [-0.05, 0) is 31.6 Å². The van der Waals surface area contributed by atoms with E-state index in [1.807, 2.05) is 6.92 Å². The third-order valence-corrected chi connectivity index (χ3v) is 5.02. The molecule has 1 aliphatic carbocycles. The van der Waals surface area contributed by atoms with Gasteiger partial charge in [-0.2, -0.15) is 0 Å². The van der Waals surface area contributed by atoms with Crippen LogP contribution in [0, 0.1) is 11.8 Å². The molecule has 96 valence electrons. The van der Waals surface area contributed by atoms with Crippen molar-refractivity contribution < 1.29 is 14.3 Å². The Morgan fingerprint density at radius 1 is 1.44 bits per heavy atom. The summed E-state index contributed by atoms with van der Waals surface area (Å²) in [4.78, 5) is 17.4. The van der Waals surface area contributed by atoms with E-state index in [1.165, 1.54) is 0 Å². The molecule has 1 fully saturated rings. The molecular weight excluding hydrogens is 270 g/mol. The third kappa shape index (κ3) is 3.44. The van der Waals surface area contributed by atoms with Gasteiger partial charge in [0.25, 0.3) is 0 Å². The van der Waals surface area contributed by atoms with Gasteiger partial charge < -0.3 is 14.3 Å². The minimum atomic E-state index is -2.39. The van der Waals surface area contributed by atoms with Crippen LogP contribution in [0.25, 0.3) is 0 Å². The van der Waals surface area contributed by atoms with Crippen molar-refractivity contribution in [1.29, 1.82) is 0 Å². The van der Waals surface area contributed by atoms with Crippen molar-refractivity contribution in [1.82, 2.24) is 0 Å². The van der Waals surface area contributed by atoms with Crippen molar-refractivity contribution >= 4 is 31.8 Å². The molecule has 6 heteroatoms. The number of hydrogen-bond donors (Lipinski definition) is 2. The molecule has 0 aromatic carbocycles. The molecular formula is C10H19Cl2O3P. The van der Waals surface area contributed by atoms with E-state index >= 15 is 0 Å². The lowest BCUT2D eigenvalue weighted by Gasteiger charge is -2.44. The molecule has 2 N–H and O–H groups in total. The molecule has 0 heterocycles. The maximum absolute atomic E-state index is 8.99. The van der Waals surface area contributed by atoms with Crippen LogP contribution in [0.5, 0.6) is 0 Å². The topological polar surface area (TPSA) is 49.7 Å². The summed E-state index contributed by atoms with van der Waals surface area (Å²) in [6.45, 7) is 6.03. The Kier molecular flexibility index (Phi) is 5.31. The van der Waals surface area contributed by atoms with Gasteiger partial charge in [-0.1, -0.05) is 13.8 Å². The van der Waals surface area contributed by atoms with Gasteiger partial charge in [0.1, 0.15) is 0 Å². The predicted molar refractivity (Wildman–Crippen MR) is 67.7 cm³/mol. The van der Waals surface area contributed by atoms with Gasteiger partial charge in [-0.15, -0.1) is 23.2 Å². The maximum Gasteiger partial charge on any atom is 0.327 e. The van der Waals surface area contributed by atoms with Crippen LogP contribution < -0.4 is 0 Å². The molecule has 0 amide bonds. The summed E-state index contributed by atoms with van der Waals surface area (Å²) in [5.41, 5.74) is 0. The van der Waals surface area contributed by atoms with Crippen LogP contribution in [0.1, 0.15) is 33.6 Å². The zero-order valence-corrected chi connectivity index (χ0v) is 12.1. The molecule has 0 bridgehead atoms. The van der Waals surface area contributed by atoms with Gasteiger partial charge in [0, 0.05) is 0 Å². The van der Waals surface area contributed by atoms with Crippen LogP contribution >= 0.6 is 31.8 Å². The van der Waals surface area contributed by atoms with E-state index in [4.69, 9.17) is 37.5 Å². The Labute approximate surface area is 108 Å². The summed E-state index contributed by atoms with van der Waals surface area (Å²) in [7, 11) is -2.39. The average molecular weight is 289 g/mol. The molecule has 0 aromatic heterocycles. The fourth-order valence-corrected chi connectivity index (χ4v) is 3.41. The SMILES string of the molecule is CC(C)C1CCC(C)(Cl)C(Cl)C1OP(O)O. The number of rotatable bonds is 3. The van der Waals surface area contributed by atoms with Crippen LogP contribution in [0.15, 0.2) is 0 Å². The van der Waals surface area contributed by atoms with E-state index in [2.05, 4.69) is 13.8 Å². The minimum Gasteiger partial charge on any atom is -0.328 e. The van der Waals surface area contributed by atoms with Gasteiger partial charge in [-0.3, -0.25) is 0 Å². The largest absolute Gasteiger partial charge is 0.328 e. The molecule has 3 nitrogen and oxygen atoms in total. The Morgan fingerprint density at radius 2 is 2.00 bits per heavy atom. The normalized spacial score (nSPS) is 40.7. The molecule has 1 aliphatic rings. The van der Waals surface area contributed by atoms with Crippen LogP contribution in [-0.4, -0.2) is 26.1 Å². The maximum atomic E-state index is 8.99. The van der Waals surface area contributed by atoms with Crippen molar-refractivity contribution in [2.24, 2.45) is 11.8 Å². The van der Waals surface area contributed by atoms with Gasteiger partial charge in [-0.25, -0.2) is 0 Å². The number of hydrogen-bond acceptors (Lipinski definition) is 3. The lowest BCUT2D eigenvalue weighted by atomic mass is 9.75. The molecule has 4 unspecified atom stereocenters. The molecule has 0 radical (unpaired) electrons. The van der Waals surface area contributed by atoms with Crippen molar-refractivity contribution in [2.75, 3.05) is 0 Å². The highest BCUT2D eigenvalue weighted by Crippen LogP contribution is 2.47. The summed E-state index contributed by atoms with van der Waals surface area (Å²) in [5, 5.41) is -0.403. The smallest absolute Gasteiger partial charge is 0.327 e. The summed E-state index contributed by atoms with van der Waals surface area (Å²) in [6, 6.07) is 0. The summed E-state index contributed by atoms with van der Waals surface area (Å²) in [5.74, 6) is 0.604. The monoisotopic (exact) mass is 288 g/mol. The minimum absolute atomic E-state index is 0.221. The van der Waals surface area contributed by atoms with Crippen LogP contribution in [0.3, 0.4) is 0 Å². The zero-order chi connectivity index (χ0) is 12.5. The second-order valence-electron chi connectivity index (χ2n) is 4.95. The van der Waals surface area contributed by atoms with Gasteiger partial charge in [0.15, 0.2) is 0 Å². The molecule has 0 saturated heterocycles. The third-order valence-electron chi connectivity index (χ3n) is 3.32. The van der Waals surface area contributed by atoms with Crippen LogP contribution in [0.2, 0.25) is 0 Å². The number of halogens is 2. The first kappa shape index (κ1) is 14.9. The first-order chi connectivity index (χ1) is 7.25. The highest BCUT2D eigenvalue weighted by Gasteiger charge is 2.47. The molecule has 1 saturated carbocycles. The second-order valence-corrected chi connectivity index (χ2v) is 7.00. The standard InChI is InChI=1S/C10H19Cl2O3P/c1-6(2)7-4-5-10(3,12)9(11)8(7)15-16(13)14/h6-9,13-14H,4-5H2,1-3H3. The second kappa shape index (κ2) is 5.69. The fraction of sp³-hybridized carbons (Fsp3) is 1.00. The molecule has 1 rings (SSSR count). The summed E-state index contributed by atoms with van der Waals surface area (Å²) < 4.78 is 5.17. The lowest BCUT2D eigenvalue weighted by Crippen LogP contribution is -2.49. The highest BCUT2D eigenvalue weighted by atomic mass is 35.5. The van der Waals surface area contributed by atoms with E-state index in [-0.39, 0.29) is 12.0 Å². The van der Waals surface area contributed by atoms with Crippen molar-refractivity contribution in [3.63, 3.8) is 0 Å². The molecule has 0 aliphatic heterocycles. The Bertz CT molecular complexity index is 234. The van der Waals surface area contributed by atoms with E-state index in [9.17, 15) is 0 Å². The molecule has 4 atom stereocenters. The van der Waals surface area contributed by atoms with Crippen molar-refractivity contribution in [3.05, 3.63) is 0 Å².